The third kappa shape index (κ3) is 4.62. The first-order valence-corrected chi connectivity index (χ1v) is 10.6. The van der Waals surface area contributed by atoms with Crippen molar-refractivity contribution in [1.82, 2.24) is 14.1 Å². The van der Waals surface area contributed by atoms with E-state index in [0.717, 1.165) is 0 Å². The minimum Gasteiger partial charge on any atom is -0.324 e. The number of nitro groups is 1. The second kappa shape index (κ2) is 8.70. The fourth-order valence-electron chi connectivity index (χ4n) is 3.10. The van der Waals surface area contributed by atoms with Gasteiger partial charge in [0, 0.05) is 18.8 Å². The topological polar surface area (TPSA) is 127 Å². The number of rotatable bonds is 8. The standard InChI is InChI=1S/C18H25N5O5S/c1-6-21(7-2)29(27,28)16-10-15(9-8-12(16)3)19-17(24)11-22-14(5)18(23(25)26)13(4)20-22/h8-10H,6-7,11H2,1-5H3,(H,19,24). The molecule has 1 heterocycles. The predicted octanol–water partition coefficient (Wildman–Crippen LogP) is 2.39. The largest absolute Gasteiger partial charge is 0.324 e. The Hall–Kier alpha value is -2.79. The van der Waals surface area contributed by atoms with Crippen LogP contribution in [0.5, 0.6) is 0 Å². The van der Waals surface area contributed by atoms with Crippen molar-refractivity contribution in [2.75, 3.05) is 18.4 Å². The summed E-state index contributed by atoms with van der Waals surface area (Å²) in [6.07, 6.45) is 0. The van der Waals surface area contributed by atoms with Gasteiger partial charge in [-0.25, -0.2) is 8.42 Å². The Morgan fingerprint density at radius 1 is 1.24 bits per heavy atom. The van der Waals surface area contributed by atoms with Crippen LogP contribution >= 0.6 is 0 Å². The number of nitrogens with one attached hydrogen (secondary N) is 1. The first kappa shape index (κ1) is 22.5. The van der Waals surface area contributed by atoms with Crippen LogP contribution in [-0.4, -0.2) is 46.4 Å². The van der Waals surface area contributed by atoms with E-state index in [1.54, 1.807) is 32.9 Å². The predicted molar refractivity (Wildman–Crippen MR) is 108 cm³/mol. The van der Waals surface area contributed by atoms with Gasteiger partial charge in [-0.05, 0) is 38.5 Å². The van der Waals surface area contributed by atoms with Crippen molar-refractivity contribution in [1.29, 1.82) is 0 Å². The van der Waals surface area contributed by atoms with Crippen LogP contribution < -0.4 is 5.32 Å². The number of aromatic nitrogens is 2. The molecule has 0 saturated carbocycles. The summed E-state index contributed by atoms with van der Waals surface area (Å²) in [6, 6.07) is 4.66. The van der Waals surface area contributed by atoms with E-state index in [-0.39, 0.29) is 28.5 Å². The number of anilines is 1. The summed E-state index contributed by atoms with van der Waals surface area (Å²) in [4.78, 5) is 23.1. The summed E-state index contributed by atoms with van der Waals surface area (Å²) in [6.45, 7) is 8.68. The Kier molecular flexibility index (Phi) is 6.75. The second-order valence-electron chi connectivity index (χ2n) is 6.55. The number of benzene rings is 1. The van der Waals surface area contributed by atoms with E-state index < -0.39 is 20.9 Å². The first-order chi connectivity index (χ1) is 13.5. The van der Waals surface area contributed by atoms with Crippen LogP contribution in [0.3, 0.4) is 0 Å². The molecule has 158 valence electrons. The van der Waals surface area contributed by atoms with Gasteiger partial charge in [-0.3, -0.25) is 19.6 Å². The van der Waals surface area contributed by atoms with E-state index >= 15 is 0 Å². The number of carbonyl (C=O) groups excluding carboxylic acids is 1. The Morgan fingerprint density at radius 2 is 1.86 bits per heavy atom. The summed E-state index contributed by atoms with van der Waals surface area (Å²) < 4.78 is 28.3. The molecule has 29 heavy (non-hydrogen) atoms. The number of hydrogen-bond donors (Lipinski definition) is 1. The van der Waals surface area contributed by atoms with Crippen LogP contribution in [0.25, 0.3) is 0 Å². The molecule has 1 aromatic carbocycles. The number of amides is 1. The molecule has 0 radical (unpaired) electrons. The Labute approximate surface area is 169 Å². The lowest BCUT2D eigenvalue weighted by molar-refractivity contribution is -0.386. The molecular weight excluding hydrogens is 398 g/mol. The molecule has 0 aliphatic heterocycles. The number of carbonyl (C=O) groups is 1. The zero-order chi connectivity index (χ0) is 21.9. The monoisotopic (exact) mass is 423 g/mol. The highest BCUT2D eigenvalue weighted by Gasteiger charge is 2.25. The molecule has 0 bridgehead atoms. The molecule has 1 N–H and O–H groups in total. The van der Waals surface area contributed by atoms with Gasteiger partial charge in [-0.15, -0.1) is 0 Å². The summed E-state index contributed by atoms with van der Waals surface area (Å²) in [7, 11) is -3.68. The molecule has 0 unspecified atom stereocenters. The highest BCUT2D eigenvalue weighted by Crippen LogP contribution is 2.24. The van der Waals surface area contributed by atoms with E-state index in [4.69, 9.17) is 0 Å². The quantitative estimate of drug-likeness (QED) is 0.513. The van der Waals surface area contributed by atoms with Gasteiger partial charge < -0.3 is 5.32 Å². The Bertz CT molecular complexity index is 1040. The van der Waals surface area contributed by atoms with Gasteiger partial charge in [0.05, 0.1) is 9.82 Å². The van der Waals surface area contributed by atoms with Gasteiger partial charge in [0.1, 0.15) is 17.9 Å². The molecule has 10 nitrogen and oxygen atoms in total. The van der Waals surface area contributed by atoms with Crippen LogP contribution in [0, 0.1) is 30.9 Å². The van der Waals surface area contributed by atoms with Gasteiger partial charge in [0.25, 0.3) is 0 Å². The maximum Gasteiger partial charge on any atom is 0.312 e. The minimum absolute atomic E-state index is 0.124. The highest BCUT2D eigenvalue weighted by molar-refractivity contribution is 7.89. The van der Waals surface area contributed by atoms with Crippen molar-refractivity contribution in [3.05, 3.63) is 45.3 Å². The van der Waals surface area contributed by atoms with E-state index in [2.05, 4.69) is 10.4 Å². The van der Waals surface area contributed by atoms with Gasteiger partial charge in [0.15, 0.2) is 0 Å². The molecule has 1 amide bonds. The lowest BCUT2D eigenvalue weighted by Gasteiger charge is -2.20. The Balaban J connectivity index is 2.27. The minimum atomic E-state index is -3.68. The average Bonchev–Trinajstić information content (AvgIpc) is 2.90. The van der Waals surface area contributed by atoms with E-state index in [1.165, 1.54) is 28.9 Å². The second-order valence-corrected chi connectivity index (χ2v) is 8.46. The average molecular weight is 423 g/mol. The van der Waals surface area contributed by atoms with Crippen LogP contribution in [0.2, 0.25) is 0 Å². The molecular formula is C18H25N5O5S. The van der Waals surface area contributed by atoms with Crippen molar-refractivity contribution in [2.45, 2.75) is 46.1 Å². The SMILES string of the molecule is CCN(CC)S(=O)(=O)c1cc(NC(=O)Cn2nc(C)c([N+](=O)[O-])c2C)ccc1C. The first-order valence-electron chi connectivity index (χ1n) is 9.11. The van der Waals surface area contributed by atoms with Crippen LogP contribution in [0.4, 0.5) is 11.4 Å². The summed E-state index contributed by atoms with van der Waals surface area (Å²) in [5.41, 5.74) is 1.27. The molecule has 0 aliphatic rings. The Morgan fingerprint density at radius 3 is 2.38 bits per heavy atom. The highest BCUT2D eigenvalue weighted by atomic mass is 32.2. The smallest absolute Gasteiger partial charge is 0.312 e. The summed E-state index contributed by atoms with van der Waals surface area (Å²) in [5, 5.41) is 17.8. The molecule has 0 aliphatic carbocycles. The van der Waals surface area contributed by atoms with Crippen molar-refractivity contribution in [3.63, 3.8) is 0 Å². The molecule has 0 fully saturated rings. The molecule has 0 saturated heterocycles. The van der Waals surface area contributed by atoms with Crippen LogP contribution in [-0.2, 0) is 21.4 Å². The molecule has 11 heteroatoms. The third-order valence-corrected chi connectivity index (χ3v) is 6.81. The van der Waals surface area contributed by atoms with Crippen molar-refractivity contribution in [3.8, 4) is 0 Å². The maximum atomic E-state index is 12.8. The number of nitrogens with zero attached hydrogens (tertiary/aromatic N) is 4. The normalized spacial score (nSPS) is 11.7. The van der Waals surface area contributed by atoms with Crippen LogP contribution in [0.15, 0.2) is 23.1 Å². The van der Waals surface area contributed by atoms with Crippen molar-refractivity contribution in [2.24, 2.45) is 0 Å². The van der Waals surface area contributed by atoms with Gasteiger partial charge >= 0.3 is 5.69 Å². The zero-order valence-corrected chi connectivity index (χ0v) is 17.9. The van der Waals surface area contributed by atoms with E-state index in [0.29, 0.717) is 24.3 Å². The number of sulfonamides is 1. The summed E-state index contributed by atoms with van der Waals surface area (Å²) in [5.74, 6) is -0.472. The summed E-state index contributed by atoms with van der Waals surface area (Å²) >= 11 is 0. The molecule has 2 aromatic rings. The fraction of sp³-hybridized carbons (Fsp3) is 0.444. The van der Waals surface area contributed by atoms with Gasteiger partial charge in [-0.2, -0.15) is 9.40 Å². The molecule has 2 rings (SSSR count). The lowest BCUT2D eigenvalue weighted by atomic mass is 10.2. The third-order valence-electron chi connectivity index (χ3n) is 4.61. The van der Waals surface area contributed by atoms with Crippen LogP contribution in [0.1, 0.15) is 30.8 Å². The van der Waals surface area contributed by atoms with E-state index in [9.17, 15) is 23.3 Å². The van der Waals surface area contributed by atoms with Gasteiger partial charge in [-0.1, -0.05) is 19.9 Å². The molecule has 0 atom stereocenters. The molecule has 0 spiro atoms. The number of aryl methyl sites for hydroxylation is 2. The molecule has 1 aromatic heterocycles. The zero-order valence-electron chi connectivity index (χ0n) is 17.1. The lowest BCUT2D eigenvalue weighted by Crippen LogP contribution is -2.31. The fourth-order valence-corrected chi connectivity index (χ4v) is 4.81. The van der Waals surface area contributed by atoms with Gasteiger partial charge in [0.2, 0.25) is 15.9 Å². The number of hydrogen-bond acceptors (Lipinski definition) is 6. The van der Waals surface area contributed by atoms with Crippen molar-refractivity contribution < 1.29 is 18.1 Å². The van der Waals surface area contributed by atoms with E-state index in [1.807, 2.05) is 0 Å². The maximum absolute atomic E-state index is 12.8. The van der Waals surface area contributed by atoms with Crippen molar-refractivity contribution >= 4 is 27.3 Å².